The van der Waals surface area contributed by atoms with Crippen molar-refractivity contribution >= 4 is 17.6 Å². The van der Waals surface area contributed by atoms with Gasteiger partial charge in [0.15, 0.2) is 11.5 Å². The lowest BCUT2D eigenvalue weighted by atomic mass is 9.82. The lowest BCUT2D eigenvalue weighted by Gasteiger charge is -2.39. The van der Waals surface area contributed by atoms with E-state index >= 15 is 0 Å². The maximum absolute atomic E-state index is 13.3. The van der Waals surface area contributed by atoms with Crippen LogP contribution >= 0.6 is 0 Å². The molecule has 29 heavy (non-hydrogen) atoms. The van der Waals surface area contributed by atoms with Crippen molar-refractivity contribution in [3.8, 4) is 11.5 Å². The van der Waals surface area contributed by atoms with E-state index in [2.05, 4.69) is 10.6 Å². The van der Waals surface area contributed by atoms with Crippen LogP contribution in [0.4, 0.5) is 10.5 Å². The molecule has 0 spiro atoms. The number of benzene rings is 1. The molecule has 7 heteroatoms. The molecule has 7 nitrogen and oxygen atoms in total. The predicted octanol–water partition coefficient (Wildman–Crippen LogP) is 3.54. The van der Waals surface area contributed by atoms with Crippen molar-refractivity contribution in [2.24, 2.45) is 5.92 Å². The highest BCUT2D eigenvalue weighted by molar-refractivity contribution is 5.90. The fourth-order valence-electron chi connectivity index (χ4n) is 4.63. The van der Waals surface area contributed by atoms with Crippen molar-refractivity contribution in [1.82, 2.24) is 10.2 Å². The number of rotatable bonds is 1. The number of fused-ring (bicyclic) bond motifs is 2. The number of carbonyl (C=O) groups excluding carboxylic acids is 2. The van der Waals surface area contributed by atoms with E-state index in [4.69, 9.17) is 9.47 Å². The molecule has 158 valence electrons. The minimum Gasteiger partial charge on any atom is -0.486 e. The van der Waals surface area contributed by atoms with Crippen molar-refractivity contribution in [3.63, 3.8) is 0 Å². The number of nitrogens with one attached hydrogen (secondary N) is 2. The fourth-order valence-corrected chi connectivity index (χ4v) is 4.63. The monoisotopic (exact) mass is 401 g/mol. The highest BCUT2D eigenvalue weighted by Gasteiger charge is 2.37. The van der Waals surface area contributed by atoms with Crippen LogP contribution in [0.3, 0.4) is 0 Å². The van der Waals surface area contributed by atoms with E-state index in [0.717, 1.165) is 57.9 Å². The van der Waals surface area contributed by atoms with E-state index in [9.17, 15) is 9.59 Å². The van der Waals surface area contributed by atoms with Gasteiger partial charge in [-0.15, -0.1) is 0 Å². The Labute approximate surface area is 172 Å². The van der Waals surface area contributed by atoms with Gasteiger partial charge in [-0.1, -0.05) is 25.7 Å². The summed E-state index contributed by atoms with van der Waals surface area (Å²) in [5.74, 6) is 1.34. The molecule has 3 aliphatic rings. The molecule has 1 aliphatic carbocycles. The molecule has 1 aromatic rings. The molecule has 1 aromatic carbocycles. The number of hydrogen-bond acceptors (Lipinski definition) is 4. The minimum atomic E-state index is -0.134. The number of carbonyl (C=O) groups is 2. The second kappa shape index (κ2) is 9.37. The average Bonchev–Trinajstić information content (AvgIpc) is 2.78. The molecule has 0 bridgehead atoms. The summed E-state index contributed by atoms with van der Waals surface area (Å²) >= 11 is 0. The first-order valence-electron chi connectivity index (χ1n) is 11.0. The summed E-state index contributed by atoms with van der Waals surface area (Å²) in [7, 11) is 0. The Kier molecular flexibility index (Phi) is 6.42. The van der Waals surface area contributed by atoms with E-state index < -0.39 is 0 Å². The van der Waals surface area contributed by atoms with E-state index in [1.54, 1.807) is 0 Å². The molecule has 2 heterocycles. The first-order valence-corrected chi connectivity index (χ1v) is 11.0. The zero-order valence-corrected chi connectivity index (χ0v) is 17.0. The molecule has 0 radical (unpaired) electrons. The van der Waals surface area contributed by atoms with Gasteiger partial charge in [-0.05, 0) is 37.8 Å². The molecule has 1 saturated carbocycles. The maximum atomic E-state index is 13.3. The first-order chi connectivity index (χ1) is 14.2. The number of anilines is 1. The summed E-state index contributed by atoms with van der Waals surface area (Å²) in [6, 6.07) is 5.30. The zero-order chi connectivity index (χ0) is 20.1. The third-order valence-electron chi connectivity index (χ3n) is 6.15. The number of hydrogen-bond donors (Lipinski definition) is 2. The number of urea groups is 1. The van der Waals surface area contributed by atoms with Crippen LogP contribution in [0.25, 0.3) is 0 Å². The Balaban J connectivity index is 1.52. The van der Waals surface area contributed by atoms with E-state index in [0.29, 0.717) is 36.9 Å². The quantitative estimate of drug-likeness (QED) is 0.754. The molecule has 2 atom stereocenters. The molecular formula is C22H31N3O4. The van der Waals surface area contributed by atoms with Crippen molar-refractivity contribution < 1.29 is 19.1 Å². The van der Waals surface area contributed by atoms with Gasteiger partial charge in [-0.2, -0.15) is 0 Å². The number of amides is 3. The highest BCUT2D eigenvalue weighted by Crippen LogP contribution is 2.34. The summed E-state index contributed by atoms with van der Waals surface area (Å²) in [6.07, 6.45) is 7.96. The van der Waals surface area contributed by atoms with Crippen molar-refractivity contribution in [2.75, 3.05) is 31.6 Å². The fraction of sp³-hybridized carbons (Fsp3) is 0.636. The van der Waals surface area contributed by atoms with Crippen LogP contribution < -0.4 is 20.1 Å². The molecule has 2 aliphatic heterocycles. The second-order valence-electron chi connectivity index (χ2n) is 8.15. The Morgan fingerprint density at radius 3 is 2.69 bits per heavy atom. The Hall–Kier alpha value is -2.44. The largest absolute Gasteiger partial charge is 0.486 e. The van der Waals surface area contributed by atoms with Crippen LogP contribution in [-0.4, -0.2) is 49.2 Å². The van der Waals surface area contributed by atoms with Gasteiger partial charge in [0.1, 0.15) is 13.2 Å². The van der Waals surface area contributed by atoms with E-state index in [-0.39, 0.29) is 23.9 Å². The van der Waals surface area contributed by atoms with Crippen LogP contribution in [-0.2, 0) is 4.79 Å². The summed E-state index contributed by atoms with van der Waals surface area (Å²) in [6.45, 7) is 2.48. The predicted molar refractivity (Wildman–Crippen MR) is 110 cm³/mol. The topological polar surface area (TPSA) is 79.9 Å². The van der Waals surface area contributed by atoms with Crippen molar-refractivity contribution in [1.29, 1.82) is 0 Å². The highest BCUT2D eigenvalue weighted by atomic mass is 16.6. The second-order valence-corrected chi connectivity index (χ2v) is 8.15. The molecule has 4 rings (SSSR count). The van der Waals surface area contributed by atoms with Crippen LogP contribution in [0.2, 0.25) is 0 Å². The normalized spacial score (nSPS) is 25.2. The third-order valence-corrected chi connectivity index (χ3v) is 6.15. The van der Waals surface area contributed by atoms with Gasteiger partial charge in [0, 0.05) is 30.9 Å². The lowest BCUT2D eigenvalue weighted by Crippen LogP contribution is -2.52. The van der Waals surface area contributed by atoms with Crippen LogP contribution in [0.5, 0.6) is 11.5 Å². The number of ether oxygens (including phenoxy) is 2. The molecule has 2 fully saturated rings. The molecule has 1 saturated heterocycles. The summed E-state index contributed by atoms with van der Waals surface area (Å²) in [5, 5.41) is 6.12. The van der Waals surface area contributed by atoms with Crippen LogP contribution in [0.15, 0.2) is 18.2 Å². The average molecular weight is 402 g/mol. The van der Waals surface area contributed by atoms with E-state index in [1.807, 2.05) is 23.1 Å². The zero-order valence-electron chi connectivity index (χ0n) is 17.0. The minimum absolute atomic E-state index is 0.0425. The van der Waals surface area contributed by atoms with Gasteiger partial charge in [-0.3, -0.25) is 4.79 Å². The van der Waals surface area contributed by atoms with Gasteiger partial charge >= 0.3 is 6.03 Å². The van der Waals surface area contributed by atoms with Gasteiger partial charge in [0.05, 0.1) is 5.92 Å². The Morgan fingerprint density at radius 2 is 1.79 bits per heavy atom. The Morgan fingerprint density at radius 1 is 1.00 bits per heavy atom. The van der Waals surface area contributed by atoms with Gasteiger partial charge < -0.3 is 25.0 Å². The standard InChI is InChI=1S/C22H31N3O4/c26-21-17-7-3-4-8-18(17)25(12-6-2-1-5-11-23-21)22(27)24-16-9-10-19-20(15-16)29-14-13-28-19/h9-10,15,17-18H,1-8,11-14H2,(H,23,26)(H,24,27)/t17-,18+/m1/s1. The van der Waals surface area contributed by atoms with E-state index in [1.165, 1.54) is 0 Å². The van der Waals surface area contributed by atoms with Crippen LogP contribution in [0, 0.1) is 5.92 Å². The summed E-state index contributed by atoms with van der Waals surface area (Å²) in [4.78, 5) is 27.9. The molecule has 3 amide bonds. The SMILES string of the molecule is O=C1NCCCCCCN(C(=O)Nc2ccc3c(c2)OCCO3)[C@H]2CCCC[C@@H]12. The molecule has 0 aromatic heterocycles. The van der Waals surface area contributed by atoms with Gasteiger partial charge in [0.2, 0.25) is 5.91 Å². The Bertz CT molecular complexity index is 739. The summed E-state index contributed by atoms with van der Waals surface area (Å²) < 4.78 is 11.2. The molecule has 0 unspecified atom stereocenters. The van der Waals surface area contributed by atoms with Crippen molar-refractivity contribution in [3.05, 3.63) is 18.2 Å². The smallest absolute Gasteiger partial charge is 0.322 e. The third kappa shape index (κ3) is 4.77. The first kappa shape index (κ1) is 19.9. The maximum Gasteiger partial charge on any atom is 0.322 e. The van der Waals surface area contributed by atoms with Crippen LogP contribution in [0.1, 0.15) is 51.4 Å². The lowest BCUT2D eigenvalue weighted by molar-refractivity contribution is -0.127. The van der Waals surface area contributed by atoms with Gasteiger partial charge in [-0.25, -0.2) is 4.79 Å². The van der Waals surface area contributed by atoms with Crippen molar-refractivity contribution in [2.45, 2.75) is 57.4 Å². The summed E-state index contributed by atoms with van der Waals surface area (Å²) in [5.41, 5.74) is 0.686. The van der Waals surface area contributed by atoms with Gasteiger partial charge in [0.25, 0.3) is 0 Å². The molecular weight excluding hydrogens is 370 g/mol. The molecule has 2 N–H and O–H groups in total. The number of nitrogens with zero attached hydrogens (tertiary/aromatic N) is 1.